The fraction of sp³-hybridized carbons (Fsp3) is 0.333. The topological polar surface area (TPSA) is 37.4 Å². The first-order chi connectivity index (χ1) is 7.52. The molecule has 0 spiro atoms. The van der Waals surface area contributed by atoms with Crippen LogP contribution < -0.4 is 0 Å². The van der Waals surface area contributed by atoms with Crippen molar-refractivity contribution in [3.05, 3.63) is 35.1 Å². The Kier molecular flexibility index (Phi) is 2.50. The molecule has 2 amide bonds. The number of likely N-dealkylation sites (N-methyl/N-ethyl adjacent to an activating group) is 1. The van der Waals surface area contributed by atoms with Gasteiger partial charge in [0.25, 0.3) is 0 Å². The van der Waals surface area contributed by atoms with Crippen molar-refractivity contribution < 1.29 is 14.0 Å². The average Bonchev–Trinajstić information content (AvgIpc) is 2.50. The van der Waals surface area contributed by atoms with Crippen LogP contribution in [0, 0.1) is 12.7 Å². The summed E-state index contributed by atoms with van der Waals surface area (Å²) in [7, 11) is 1.46. The number of carbonyl (C=O) groups excluding carboxylic acids is 2. The van der Waals surface area contributed by atoms with Crippen LogP contribution in [0.1, 0.15) is 23.5 Å². The van der Waals surface area contributed by atoms with E-state index in [1.165, 1.54) is 13.1 Å². The number of hydrogen-bond acceptors (Lipinski definition) is 2. The molecular weight excluding hydrogens is 209 g/mol. The van der Waals surface area contributed by atoms with Crippen LogP contribution in [0.2, 0.25) is 0 Å². The molecule has 1 unspecified atom stereocenters. The summed E-state index contributed by atoms with van der Waals surface area (Å²) in [5, 5.41) is 0. The van der Waals surface area contributed by atoms with Crippen LogP contribution in [0.15, 0.2) is 18.2 Å². The lowest BCUT2D eigenvalue weighted by molar-refractivity contribution is -0.137. The van der Waals surface area contributed by atoms with Gasteiger partial charge in [-0.05, 0) is 24.1 Å². The lowest BCUT2D eigenvalue weighted by Crippen LogP contribution is -2.25. The van der Waals surface area contributed by atoms with Gasteiger partial charge in [0.05, 0.1) is 5.92 Å². The van der Waals surface area contributed by atoms with Crippen molar-refractivity contribution in [1.29, 1.82) is 0 Å². The number of benzene rings is 1. The monoisotopic (exact) mass is 221 g/mol. The standard InChI is InChI=1S/C12H12FNO2/c1-7-8(4-3-5-10(7)13)9-6-11(15)14(2)12(9)16/h3-5,9H,6H2,1-2H3. The fourth-order valence-electron chi connectivity index (χ4n) is 2.00. The van der Waals surface area contributed by atoms with Gasteiger partial charge in [-0.2, -0.15) is 0 Å². The number of halogens is 1. The maximum atomic E-state index is 13.3. The molecule has 1 aromatic carbocycles. The summed E-state index contributed by atoms with van der Waals surface area (Å²) in [6.07, 6.45) is 0.139. The number of nitrogens with zero attached hydrogens (tertiary/aromatic N) is 1. The van der Waals surface area contributed by atoms with E-state index in [1.54, 1.807) is 19.1 Å². The highest BCUT2D eigenvalue weighted by Gasteiger charge is 2.37. The Bertz CT molecular complexity index is 470. The highest BCUT2D eigenvalue weighted by molar-refractivity contribution is 6.06. The van der Waals surface area contributed by atoms with Crippen LogP contribution in [0.25, 0.3) is 0 Å². The number of imide groups is 1. The van der Waals surface area contributed by atoms with Gasteiger partial charge in [0.2, 0.25) is 11.8 Å². The Morgan fingerprint density at radius 2 is 2.06 bits per heavy atom. The quantitative estimate of drug-likeness (QED) is 0.675. The molecule has 1 atom stereocenters. The SMILES string of the molecule is Cc1c(F)cccc1C1CC(=O)N(C)C1=O. The molecule has 0 aromatic heterocycles. The van der Waals surface area contributed by atoms with Crippen molar-refractivity contribution >= 4 is 11.8 Å². The molecule has 1 aliphatic heterocycles. The second-order valence-corrected chi connectivity index (χ2v) is 4.00. The highest BCUT2D eigenvalue weighted by Crippen LogP contribution is 2.31. The lowest BCUT2D eigenvalue weighted by atomic mass is 9.93. The van der Waals surface area contributed by atoms with Crippen LogP contribution in [0.5, 0.6) is 0 Å². The Labute approximate surface area is 92.9 Å². The lowest BCUT2D eigenvalue weighted by Gasteiger charge is -2.12. The third kappa shape index (κ3) is 1.50. The maximum absolute atomic E-state index is 13.3. The number of rotatable bonds is 1. The van der Waals surface area contributed by atoms with Crippen molar-refractivity contribution in [3.8, 4) is 0 Å². The summed E-state index contributed by atoms with van der Waals surface area (Å²) >= 11 is 0. The summed E-state index contributed by atoms with van der Waals surface area (Å²) in [6, 6.07) is 4.62. The summed E-state index contributed by atoms with van der Waals surface area (Å²) < 4.78 is 13.3. The molecule has 0 saturated carbocycles. The van der Waals surface area contributed by atoms with Gasteiger partial charge in [-0.3, -0.25) is 14.5 Å². The summed E-state index contributed by atoms with van der Waals surface area (Å²) in [5.41, 5.74) is 1.06. The zero-order chi connectivity index (χ0) is 11.9. The van der Waals surface area contributed by atoms with E-state index >= 15 is 0 Å². The number of amides is 2. The minimum atomic E-state index is -0.520. The normalized spacial score (nSPS) is 20.7. The first-order valence-electron chi connectivity index (χ1n) is 5.07. The average molecular weight is 221 g/mol. The minimum Gasteiger partial charge on any atom is -0.285 e. The van der Waals surface area contributed by atoms with Gasteiger partial charge in [-0.1, -0.05) is 12.1 Å². The fourth-order valence-corrected chi connectivity index (χ4v) is 2.00. The number of carbonyl (C=O) groups is 2. The number of hydrogen-bond donors (Lipinski definition) is 0. The Hall–Kier alpha value is -1.71. The Balaban J connectivity index is 2.43. The summed E-state index contributed by atoms with van der Waals surface area (Å²) in [5.74, 6) is -1.32. The third-order valence-electron chi connectivity index (χ3n) is 3.07. The van der Waals surface area contributed by atoms with Crippen LogP contribution in [-0.4, -0.2) is 23.8 Å². The first-order valence-corrected chi connectivity index (χ1v) is 5.07. The molecular formula is C12H12FNO2. The third-order valence-corrected chi connectivity index (χ3v) is 3.07. The zero-order valence-corrected chi connectivity index (χ0v) is 9.16. The van der Waals surface area contributed by atoms with Gasteiger partial charge in [0.1, 0.15) is 5.82 Å². The first kappa shape index (κ1) is 10.8. The van der Waals surface area contributed by atoms with E-state index in [2.05, 4.69) is 0 Å². The van der Waals surface area contributed by atoms with Crippen molar-refractivity contribution in [1.82, 2.24) is 4.90 Å². The molecule has 1 aliphatic rings. The summed E-state index contributed by atoms with van der Waals surface area (Å²) in [4.78, 5) is 24.2. The van der Waals surface area contributed by atoms with Crippen LogP contribution in [0.3, 0.4) is 0 Å². The van der Waals surface area contributed by atoms with E-state index < -0.39 is 5.92 Å². The van der Waals surface area contributed by atoms with E-state index in [-0.39, 0.29) is 24.1 Å². The molecule has 1 heterocycles. The molecule has 84 valence electrons. The van der Waals surface area contributed by atoms with E-state index in [4.69, 9.17) is 0 Å². The van der Waals surface area contributed by atoms with E-state index in [1.807, 2.05) is 0 Å². The van der Waals surface area contributed by atoms with Gasteiger partial charge in [-0.25, -0.2) is 4.39 Å². The second kappa shape index (κ2) is 3.70. The van der Waals surface area contributed by atoms with Gasteiger partial charge in [-0.15, -0.1) is 0 Å². The van der Waals surface area contributed by atoms with Crippen molar-refractivity contribution in [3.63, 3.8) is 0 Å². The van der Waals surface area contributed by atoms with Gasteiger partial charge in [0, 0.05) is 13.5 Å². The van der Waals surface area contributed by atoms with Crippen LogP contribution >= 0.6 is 0 Å². The Morgan fingerprint density at radius 3 is 2.62 bits per heavy atom. The minimum absolute atomic E-state index is 0.139. The predicted molar refractivity (Wildman–Crippen MR) is 56.3 cm³/mol. The second-order valence-electron chi connectivity index (χ2n) is 4.00. The van der Waals surface area contributed by atoms with Crippen molar-refractivity contribution in [2.75, 3.05) is 7.05 Å². The van der Waals surface area contributed by atoms with Gasteiger partial charge >= 0.3 is 0 Å². The molecule has 0 aliphatic carbocycles. The maximum Gasteiger partial charge on any atom is 0.236 e. The highest BCUT2D eigenvalue weighted by atomic mass is 19.1. The molecule has 1 aromatic rings. The number of likely N-dealkylation sites (tertiary alicyclic amines) is 1. The van der Waals surface area contributed by atoms with Crippen LogP contribution in [-0.2, 0) is 9.59 Å². The molecule has 0 bridgehead atoms. The molecule has 4 heteroatoms. The molecule has 0 N–H and O–H groups in total. The van der Waals surface area contributed by atoms with E-state index in [0.29, 0.717) is 11.1 Å². The van der Waals surface area contributed by atoms with E-state index in [0.717, 1.165) is 4.90 Å². The Morgan fingerprint density at radius 1 is 1.38 bits per heavy atom. The zero-order valence-electron chi connectivity index (χ0n) is 9.16. The predicted octanol–water partition coefficient (Wildman–Crippen LogP) is 1.61. The molecule has 1 saturated heterocycles. The van der Waals surface area contributed by atoms with Gasteiger partial charge < -0.3 is 0 Å². The molecule has 16 heavy (non-hydrogen) atoms. The van der Waals surface area contributed by atoms with Gasteiger partial charge in [0.15, 0.2) is 0 Å². The van der Waals surface area contributed by atoms with Crippen molar-refractivity contribution in [2.45, 2.75) is 19.3 Å². The van der Waals surface area contributed by atoms with Crippen LogP contribution in [0.4, 0.5) is 4.39 Å². The largest absolute Gasteiger partial charge is 0.285 e. The molecule has 0 radical (unpaired) electrons. The molecule has 2 rings (SSSR count). The van der Waals surface area contributed by atoms with Crippen molar-refractivity contribution in [2.24, 2.45) is 0 Å². The van der Waals surface area contributed by atoms with E-state index in [9.17, 15) is 14.0 Å². The molecule has 3 nitrogen and oxygen atoms in total. The summed E-state index contributed by atoms with van der Waals surface area (Å²) in [6.45, 7) is 1.63. The smallest absolute Gasteiger partial charge is 0.236 e. The molecule has 1 fully saturated rings.